The van der Waals surface area contributed by atoms with Crippen molar-refractivity contribution >= 4 is 17.3 Å². The van der Waals surface area contributed by atoms with Crippen LogP contribution in [0.4, 0.5) is 21.7 Å². The highest BCUT2D eigenvalue weighted by molar-refractivity contribution is 5.66. The minimum atomic E-state index is -0.250. The Kier molecular flexibility index (Phi) is 4.73. The Morgan fingerprint density at radius 2 is 1.81 bits per heavy atom. The summed E-state index contributed by atoms with van der Waals surface area (Å²) in [4.78, 5) is 11.0. The van der Waals surface area contributed by atoms with Gasteiger partial charge in [0, 0.05) is 24.2 Å². The predicted octanol–water partition coefficient (Wildman–Crippen LogP) is 3.62. The number of aryl methyl sites for hydroxylation is 1. The third-order valence-corrected chi connectivity index (χ3v) is 3.39. The molecular formula is C16H21FN4. The molecule has 5 heteroatoms. The Labute approximate surface area is 124 Å². The van der Waals surface area contributed by atoms with Crippen molar-refractivity contribution in [3.05, 3.63) is 41.5 Å². The number of benzene rings is 1. The zero-order valence-corrected chi connectivity index (χ0v) is 12.7. The minimum absolute atomic E-state index is 0.250. The van der Waals surface area contributed by atoms with E-state index in [1.807, 2.05) is 18.7 Å². The molecule has 2 aromatic rings. The number of rotatable bonds is 5. The smallest absolute Gasteiger partial charge is 0.141 e. The van der Waals surface area contributed by atoms with Crippen LogP contribution >= 0.6 is 0 Å². The van der Waals surface area contributed by atoms with E-state index >= 15 is 0 Å². The SMILES string of the molecule is CCCc1nc(N)c(C)c(N(CC)c2ccc(F)cc2)n1. The highest BCUT2D eigenvalue weighted by atomic mass is 19.1. The molecule has 0 saturated heterocycles. The topological polar surface area (TPSA) is 55.0 Å². The number of halogens is 1. The minimum Gasteiger partial charge on any atom is -0.383 e. The first-order valence-electron chi connectivity index (χ1n) is 7.22. The molecule has 1 aromatic carbocycles. The summed E-state index contributed by atoms with van der Waals surface area (Å²) >= 11 is 0. The van der Waals surface area contributed by atoms with E-state index in [1.165, 1.54) is 12.1 Å². The van der Waals surface area contributed by atoms with E-state index in [4.69, 9.17) is 5.73 Å². The molecule has 0 aliphatic heterocycles. The summed E-state index contributed by atoms with van der Waals surface area (Å²) in [6.45, 7) is 6.73. The maximum atomic E-state index is 13.1. The lowest BCUT2D eigenvalue weighted by Crippen LogP contribution is -2.20. The fourth-order valence-corrected chi connectivity index (χ4v) is 2.24. The number of nitrogens with zero attached hydrogens (tertiary/aromatic N) is 3. The largest absolute Gasteiger partial charge is 0.383 e. The summed E-state index contributed by atoms with van der Waals surface area (Å²) in [5.41, 5.74) is 7.75. The van der Waals surface area contributed by atoms with Gasteiger partial charge in [-0.1, -0.05) is 6.92 Å². The Bertz CT molecular complexity index is 610. The molecule has 0 saturated carbocycles. The van der Waals surface area contributed by atoms with Crippen LogP contribution in [0.3, 0.4) is 0 Å². The van der Waals surface area contributed by atoms with E-state index in [9.17, 15) is 4.39 Å². The number of hydrogen-bond acceptors (Lipinski definition) is 4. The van der Waals surface area contributed by atoms with Gasteiger partial charge in [-0.3, -0.25) is 0 Å². The standard InChI is InChI=1S/C16H21FN4/c1-4-6-14-19-15(18)11(3)16(20-14)21(5-2)13-9-7-12(17)8-10-13/h7-10H,4-6H2,1-3H3,(H2,18,19,20). The van der Waals surface area contributed by atoms with Crippen molar-refractivity contribution in [2.24, 2.45) is 0 Å². The lowest BCUT2D eigenvalue weighted by Gasteiger charge is -2.24. The summed E-state index contributed by atoms with van der Waals surface area (Å²) in [7, 11) is 0. The molecule has 0 aliphatic rings. The van der Waals surface area contributed by atoms with Crippen molar-refractivity contribution in [3.8, 4) is 0 Å². The molecule has 0 atom stereocenters. The molecule has 21 heavy (non-hydrogen) atoms. The highest BCUT2D eigenvalue weighted by Gasteiger charge is 2.15. The van der Waals surface area contributed by atoms with Crippen molar-refractivity contribution in [2.45, 2.75) is 33.6 Å². The maximum absolute atomic E-state index is 13.1. The molecule has 2 rings (SSSR count). The first-order chi connectivity index (χ1) is 10.1. The van der Waals surface area contributed by atoms with Crippen LogP contribution in [0.2, 0.25) is 0 Å². The Morgan fingerprint density at radius 1 is 1.14 bits per heavy atom. The molecule has 112 valence electrons. The van der Waals surface area contributed by atoms with Gasteiger partial charge in [0.25, 0.3) is 0 Å². The van der Waals surface area contributed by atoms with Crippen LogP contribution in [0.5, 0.6) is 0 Å². The zero-order valence-electron chi connectivity index (χ0n) is 12.7. The van der Waals surface area contributed by atoms with Crippen LogP contribution in [0.1, 0.15) is 31.7 Å². The summed E-state index contributed by atoms with van der Waals surface area (Å²) in [5, 5.41) is 0. The van der Waals surface area contributed by atoms with Gasteiger partial charge in [-0.25, -0.2) is 14.4 Å². The van der Waals surface area contributed by atoms with Gasteiger partial charge in [0.15, 0.2) is 0 Å². The van der Waals surface area contributed by atoms with Gasteiger partial charge < -0.3 is 10.6 Å². The summed E-state index contributed by atoms with van der Waals surface area (Å²) in [5.74, 6) is 1.79. The van der Waals surface area contributed by atoms with Crippen molar-refractivity contribution in [3.63, 3.8) is 0 Å². The van der Waals surface area contributed by atoms with E-state index in [2.05, 4.69) is 16.9 Å². The van der Waals surface area contributed by atoms with Crippen molar-refractivity contribution in [1.29, 1.82) is 0 Å². The first-order valence-corrected chi connectivity index (χ1v) is 7.22. The average Bonchev–Trinajstić information content (AvgIpc) is 2.47. The molecular weight excluding hydrogens is 267 g/mol. The fourth-order valence-electron chi connectivity index (χ4n) is 2.24. The number of anilines is 3. The molecule has 0 aliphatic carbocycles. The van der Waals surface area contributed by atoms with Crippen LogP contribution in [-0.2, 0) is 6.42 Å². The zero-order chi connectivity index (χ0) is 15.4. The molecule has 4 nitrogen and oxygen atoms in total. The van der Waals surface area contributed by atoms with Crippen molar-refractivity contribution in [2.75, 3.05) is 17.2 Å². The van der Waals surface area contributed by atoms with Gasteiger partial charge in [-0.05, 0) is 44.5 Å². The van der Waals surface area contributed by atoms with Gasteiger partial charge in [0.2, 0.25) is 0 Å². The van der Waals surface area contributed by atoms with Crippen molar-refractivity contribution < 1.29 is 4.39 Å². The van der Waals surface area contributed by atoms with Crippen LogP contribution in [0, 0.1) is 12.7 Å². The second-order valence-corrected chi connectivity index (χ2v) is 4.94. The van der Waals surface area contributed by atoms with E-state index < -0.39 is 0 Å². The lowest BCUT2D eigenvalue weighted by atomic mass is 10.2. The molecule has 1 aromatic heterocycles. The summed E-state index contributed by atoms with van der Waals surface area (Å²) in [6.07, 6.45) is 1.75. The Balaban J connectivity index is 2.48. The number of hydrogen-bond donors (Lipinski definition) is 1. The van der Waals surface area contributed by atoms with Gasteiger partial charge >= 0.3 is 0 Å². The summed E-state index contributed by atoms with van der Waals surface area (Å²) < 4.78 is 13.1. The third-order valence-electron chi connectivity index (χ3n) is 3.39. The number of aromatic nitrogens is 2. The highest BCUT2D eigenvalue weighted by Crippen LogP contribution is 2.28. The Morgan fingerprint density at radius 3 is 2.38 bits per heavy atom. The molecule has 0 radical (unpaired) electrons. The number of nitrogen functional groups attached to an aromatic ring is 1. The van der Waals surface area contributed by atoms with Gasteiger partial charge in [-0.2, -0.15) is 0 Å². The first kappa shape index (κ1) is 15.2. The van der Waals surface area contributed by atoms with Gasteiger partial charge in [0.1, 0.15) is 23.3 Å². The lowest BCUT2D eigenvalue weighted by molar-refractivity contribution is 0.627. The van der Waals surface area contributed by atoms with Crippen LogP contribution < -0.4 is 10.6 Å². The molecule has 2 N–H and O–H groups in total. The Hall–Kier alpha value is -2.17. The van der Waals surface area contributed by atoms with Crippen LogP contribution in [-0.4, -0.2) is 16.5 Å². The predicted molar refractivity (Wildman–Crippen MR) is 84.3 cm³/mol. The molecule has 1 heterocycles. The molecule has 0 spiro atoms. The van der Waals surface area contributed by atoms with E-state index in [-0.39, 0.29) is 5.82 Å². The second kappa shape index (κ2) is 6.52. The molecule has 0 unspecified atom stereocenters. The van der Waals surface area contributed by atoms with Gasteiger partial charge in [0.05, 0.1) is 0 Å². The molecule has 0 fully saturated rings. The normalized spacial score (nSPS) is 10.7. The van der Waals surface area contributed by atoms with Gasteiger partial charge in [-0.15, -0.1) is 0 Å². The quantitative estimate of drug-likeness (QED) is 0.913. The summed E-state index contributed by atoms with van der Waals surface area (Å²) in [6, 6.07) is 6.39. The second-order valence-electron chi connectivity index (χ2n) is 4.94. The molecule has 0 bridgehead atoms. The monoisotopic (exact) mass is 288 g/mol. The van der Waals surface area contributed by atoms with E-state index in [1.54, 1.807) is 12.1 Å². The van der Waals surface area contributed by atoms with E-state index in [0.717, 1.165) is 35.7 Å². The third kappa shape index (κ3) is 3.29. The van der Waals surface area contributed by atoms with E-state index in [0.29, 0.717) is 12.4 Å². The van der Waals surface area contributed by atoms with Crippen LogP contribution in [0.15, 0.2) is 24.3 Å². The van der Waals surface area contributed by atoms with Crippen molar-refractivity contribution in [1.82, 2.24) is 9.97 Å². The molecule has 0 amide bonds. The maximum Gasteiger partial charge on any atom is 0.141 e. The number of nitrogens with two attached hydrogens (primary N) is 1. The average molecular weight is 288 g/mol. The van der Waals surface area contributed by atoms with Crippen LogP contribution in [0.25, 0.3) is 0 Å². The fraction of sp³-hybridized carbons (Fsp3) is 0.375.